The Morgan fingerprint density at radius 2 is 2.10 bits per heavy atom. The number of carboxylic acids is 1. The predicted molar refractivity (Wildman–Crippen MR) is 68.9 cm³/mol. The number of likely N-dealkylation sites (tertiary alicyclic amines) is 2. The fourth-order valence-electron chi connectivity index (χ4n) is 2.78. The van der Waals surface area contributed by atoms with Crippen molar-refractivity contribution < 1.29 is 24.2 Å². The first-order valence-electron chi connectivity index (χ1n) is 6.81. The number of hydrogen-bond acceptors (Lipinski definition) is 4. The normalized spacial score (nSPS) is 26.4. The number of nitrogens with zero attached hydrogens (tertiary/aromatic N) is 2. The topological polar surface area (TPSA) is 87.2 Å². The van der Waals surface area contributed by atoms with Crippen LogP contribution in [0, 0.1) is 11.8 Å². The van der Waals surface area contributed by atoms with E-state index in [2.05, 4.69) is 0 Å². The second kappa shape index (κ2) is 6.21. The highest BCUT2D eigenvalue weighted by atomic mass is 16.5. The van der Waals surface area contributed by atoms with Crippen molar-refractivity contribution in [3.63, 3.8) is 0 Å². The summed E-state index contributed by atoms with van der Waals surface area (Å²) in [4.78, 5) is 38.2. The molecule has 20 heavy (non-hydrogen) atoms. The lowest BCUT2D eigenvalue weighted by Gasteiger charge is -2.20. The number of methoxy groups -OCH3 is 1. The first-order valence-corrected chi connectivity index (χ1v) is 6.81. The van der Waals surface area contributed by atoms with Gasteiger partial charge in [0.15, 0.2) is 0 Å². The number of carbonyl (C=O) groups excluding carboxylic acids is 2. The summed E-state index contributed by atoms with van der Waals surface area (Å²) >= 11 is 0. The molecule has 0 radical (unpaired) electrons. The first kappa shape index (κ1) is 14.8. The zero-order valence-corrected chi connectivity index (χ0v) is 11.6. The molecule has 7 nitrogen and oxygen atoms in total. The van der Waals surface area contributed by atoms with Gasteiger partial charge in [0, 0.05) is 39.7 Å². The number of aliphatic carboxylic acids is 1. The summed E-state index contributed by atoms with van der Waals surface area (Å²) in [5.74, 6) is -1.80. The molecule has 0 unspecified atom stereocenters. The number of ether oxygens (including phenoxy) is 1. The fourth-order valence-corrected chi connectivity index (χ4v) is 2.78. The van der Waals surface area contributed by atoms with Crippen LogP contribution in [0.1, 0.15) is 12.8 Å². The lowest BCUT2D eigenvalue weighted by Crippen LogP contribution is -2.37. The van der Waals surface area contributed by atoms with Crippen molar-refractivity contribution >= 4 is 17.8 Å². The van der Waals surface area contributed by atoms with Crippen molar-refractivity contribution in [2.45, 2.75) is 12.8 Å². The molecular formula is C13H20N2O5. The highest BCUT2D eigenvalue weighted by molar-refractivity contribution is 5.89. The van der Waals surface area contributed by atoms with Crippen molar-refractivity contribution in [2.75, 3.05) is 39.9 Å². The Kier molecular flexibility index (Phi) is 4.59. The van der Waals surface area contributed by atoms with Gasteiger partial charge in [0.1, 0.15) is 0 Å². The molecule has 2 aliphatic rings. The van der Waals surface area contributed by atoms with Crippen LogP contribution in [0.25, 0.3) is 0 Å². The Morgan fingerprint density at radius 3 is 2.70 bits per heavy atom. The van der Waals surface area contributed by atoms with Gasteiger partial charge in [-0.15, -0.1) is 0 Å². The van der Waals surface area contributed by atoms with E-state index in [1.807, 2.05) is 0 Å². The van der Waals surface area contributed by atoms with E-state index in [1.165, 1.54) is 0 Å². The monoisotopic (exact) mass is 284 g/mol. The summed E-state index contributed by atoms with van der Waals surface area (Å²) in [5.41, 5.74) is 0. The molecule has 2 rings (SSSR count). The molecule has 1 N–H and O–H groups in total. The number of hydrogen-bond donors (Lipinski definition) is 1. The van der Waals surface area contributed by atoms with Crippen LogP contribution in [0.3, 0.4) is 0 Å². The number of carbonyl (C=O) groups is 3. The van der Waals surface area contributed by atoms with Crippen LogP contribution in [0.15, 0.2) is 0 Å². The van der Waals surface area contributed by atoms with Gasteiger partial charge in [0.05, 0.1) is 18.4 Å². The van der Waals surface area contributed by atoms with Crippen molar-refractivity contribution in [2.24, 2.45) is 11.8 Å². The van der Waals surface area contributed by atoms with E-state index in [1.54, 1.807) is 16.9 Å². The van der Waals surface area contributed by atoms with Gasteiger partial charge in [0.2, 0.25) is 11.8 Å². The summed E-state index contributed by atoms with van der Waals surface area (Å²) < 4.78 is 4.93. The molecule has 2 atom stereocenters. The molecule has 2 heterocycles. The Bertz CT molecular complexity index is 412. The van der Waals surface area contributed by atoms with E-state index < -0.39 is 11.9 Å². The van der Waals surface area contributed by atoms with Gasteiger partial charge >= 0.3 is 5.97 Å². The van der Waals surface area contributed by atoms with Gasteiger partial charge in [0.25, 0.3) is 0 Å². The Balaban J connectivity index is 1.88. The molecule has 0 aromatic carbocycles. The lowest BCUT2D eigenvalue weighted by atomic mass is 10.1. The average Bonchev–Trinajstić information content (AvgIpc) is 3.02. The van der Waals surface area contributed by atoms with Crippen LogP contribution in [-0.4, -0.2) is 72.6 Å². The van der Waals surface area contributed by atoms with Crippen molar-refractivity contribution in [1.82, 2.24) is 9.80 Å². The minimum atomic E-state index is -0.857. The first-order chi connectivity index (χ1) is 9.52. The minimum absolute atomic E-state index is 0.0330. The quantitative estimate of drug-likeness (QED) is 0.729. The second-order valence-electron chi connectivity index (χ2n) is 5.34. The molecule has 0 saturated carbocycles. The van der Waals surface area contributed by atoms with E-state index in [0.717, 1.165) is 0 Å². The van der Waals surface area contributed by atoms with E-state index >= 15 is 0 Å². The summed E-state index contributed by atoms with van der Waals surface area (Å²) in [6.07, 6.45) is 0.714. The van der Waals surface area contributed by atoms with Crippen molar-refractivity contribution in [3.05, 3.63) is 0 Å². The van der Waals surface area contributed by atoms with Gasteiger partial charge in [-0.05, 0) is 6.42 Å². The standard InChI is InChI=1S/C13H20N2O5/c1-20-5-4-14-8-10(6-11(14)16)12(17)15-3-2-9(7-15)13(18)19/h9-10H,2-8H2,1H3,(H,18,19)/t9-,10-/m1/s1. The number of rotatable bonds is 5. The van der Waals surface area contributed by atoms with E-state index in [-0.39, 0.29) is 30.7 Å². The maximum Gasteiger partial charge on any atom is 0.308 e. The molecule has 0 bridgehead atoms. The molecule has 2 aliphatic heterocycles. The molecule has 0 aromatic heterocycles. The molecule has 0 aliphatic carbocycles. The van der Waals surface area contributed by atoms with Gasteiger partial charge in [-0.1, -0.05) is 0 Å². The predicted octanol–water partition coefficient (Wildman–Crippen LogP) is -0.586. The summed E-state index contributed by atoms with van der Waals surface area (Å²) in [7, 11) is 1.57. The zero-order valence-electron chi connectivity index (χ0n) is 11.6. The molecular weight excluding hydrogens is 264 g/mol. The largest absolute Gasteiger partial charge is 0.481 e. The van der Waals surface area contributed by atoms with E-state index in [9.17, 15) is 14.4 Å². The number of carboxylic acid groups (broad SMARTS) is 1. The Morgan fingerprint density at radius 1 is 1.35 bits per heavy atom. The average molecular weight is 284 g/mol. The molecule has 2 fully saturated rings. The van der Waals surface area contributed by atoms with Crippen molar-refractivity contribution in [1.29, 1.82) is 0 Å². The number of amides is 2. The van der Waals surface area contributed by atoms with Gasteiger partial charge < -0.3 is 19.6 Å². The van der Waals surface area contributed by atoms with Crippen LogP contribution >= 0.6 is 0 Å². The van der Waals surface area contributed by atoms with Crippen LogP contribution < -0.4 is 0 Å². The fraction of sp³-hybridized carbons (Fsp3) is 0.769. The molecule has 112 valence electrons. The van der Waals surface area contributed by atoms with Crippen LogP contribution in [0.2, 0.25) is 0 Å². The van der Waals surface area contributed by atoms with Gasteiger partial charge in [-0.25, -0.2) is 0 Å². The van der Waals surface area contributed by atoms with Crippen molar-refractivity contribution in [3.8, 4) is 0 Å². The molecule has 0 aromatic rings. The van der Waals surface area contributed by atoms with Crippen LogP contribution in [-0.2, 0) is 19.1 Å². The summed E-state index contributed by atoms with van der Waals surface area (Å²) in [5, 5.41) is 8.95. The Labute approximate surface area is 117 Å². The van der Waals surface area contributed by atoms with E-state index in [4.69, 9.17) is 9.84 Å². The van der Waals surface area contributed by atoms with Gasteiger partial charge in [-0.3, -0.25) is 14.4 Å². The third-order valence-corrected chi connectivity index (χ3v) is 3.98. The smallest absolute Gasteiger partial charge is 0.308 e. The molecule has 7 heteroatoms. The molecule has 2 saturated heterocycles. The second-order valence-corrected chi connectivity index (χ2v) is 5.34. The van der Waals surface area contributed by atoms with Crippen LogP contribution in [0.4, 0.5) is 0 Å². The third kappa shape index (κ3) is 3.09. The highest BCUT2D eigenvalue weighted by Crippen LogP contribution is 2.24. The minimum Gasteiger partial charge on any atom is -0.481 e. The molecule has 0 spiro atoms. The summed E-state index contributed by atoms with van der Waals surface area (Å²) in [6.45, 7) is 2.10. The maximum atomic E-state index is 12.3. The summed E-state index contributed by atoms with van der Waals surface area (Å²) in [6, 6.07) is 0. The van der Waals surface area contributed by atoms with Gasteiger partial charge in [-0.2, -0.15) is 0 Å². The zero-order chi connectivity index (χ0) is 14.7. The third-order valence-electron chi connectivity index (χ3n) is 3.98. The maximum absolute atomic E-state index is 12.3. The van der Waals surface area contributed by atoms with E-state index in [0.29, 0.717) is 32.7 Å². The Hall–Kier alpha value is -1.63. The lowest BCUT2D eigenvalue weighted by molar-refractivity contribution is -0.141. The highest BCUT2D eigenvalue weighted by Gasteiger charge is 2.39. The molecule has 2 amide bonds. The SMILES string of the molecule is COCCN1C[C@H](C(=O)N2CC[C@@H](C(=O)O)C2)CC1=O. The van der Waals surface area contributed by atoms with Crippen LogP contribution in [0.5, 0.6) is 0 Å².